The molecule has 3 N–H and O–H groups in total. The molecule has 1 aliphatic carbocycles. The lowest BCUT2D eigenvalue weighted by Gasteiger charge is -2.35. The molecule has 4 atom stereocenters. The third-order valence-electron chi connectivity index (χ3n) is 7.80. The number of fused-ring (bicyclic) bond motifs is 4. The number of ether oxygens (including phenoxy) is 1. The normalized spacial score (nSPS) is 28.1. The predicted molar refractivity (Wildman–Crippen MR) is 149 cm³/mol. The summed E-state index contributed by atoms with van der Waals surface area (Å²) < 4.78 is 5.76. The van der Waals surface area contributed by atoms with Gasteiger partial charge in [-0.15, -0.1) is 0 Å². The Morgan fingerprint density at radius 3 is 2.42 bits per heavy atom. The lowest BCUT2D eigenvalue weighted by molar-refractivity contribution is -0.164. The largest absolute Gasteiger partial charge is 0.451 e. The Morgan fingerprint density at radius 2 is 1.68 bits per heavy atom. The summed E-state index contributed by atoms with van der Waals surface area (Å²) in [5, 5.41) is 8.10. The van der Waals surface area contributed by atoms with E-state index in [4.69, 9.17) is 9.72 Å². The summed E-state index contributed by atoms with van der Waals surface area (Å²) in [7, 11) is 0. The molecule has 1 saturated heterocycles. The van der Waals surface area contributed by atoms with E-state index in [9.17, 15) is 19.2 Å². The van der Waals surface area contributed by atoms with Crippen molar-refractivity contribution in [2.75, 3.05) is 6.54 Å². The molecule has 0 unspecified atom stereocenters. The average Bonchev–Trinajstić information content (AvgIpc) is 3.78. The average molecular weight is 548 g/mol. The van der Waals surface area contributed by atoms with Crippen LogP contribution in [-0.2, 0) is 23.9 Å². The SMILES string of the molecule is C[C@@H]1NC(=O)[C@@H](C2CC2)OC(=O)C(C)(C)C=Cc2ccc3ccc(nc3c2)[C@@H](C)NC(=O)[C@@H]2CCCN(N2)C1=O. The van der Waals surface area contributed by atoms with E-state index in [1.165, 1.54) is 5.01 Å². The number of hydrogen-bond acceptors (Lipinski definition) is 7. The zero-order valence-electron chi connectivity index (χ0n) is 23.4. The molecule has 2 fully saturated rings. The predicted octanol–water partition coefficient (Wildman–Crippen LogP) is 2.79. The van der Waals surface area contributed by atoms with Gasteiger partial charge < -0.3 is 15.4 Å². The summed E-state index contributed by atoms with van der Waals surface area (Å²) in [5.74, 6) is -1.66. The Hall–Kier alpha value is -3.79. The fraction of sp³-hybridized carbons (Fsp3) is 0.500. The maximum atomic E-state index is 13.2. The van der Waals surface area contributed by atoms with Crippen molar-refractivity contribution in [3.63, 3.8) is 0 Å². The number of carbonyl (C=O) groups excluding carboxylic acids is 4. The summed E-state index contributed by atoms with van der Waals surface area (Å²) in [5.41, 5.74) is 4.37. The maximum Gasteiger partial charge on any atom is 0.316 e. The molecule has 212 valence electrons. The highest BCUT2D eigenvalue weighted by molar-refractivity contribution is 5.92. The van der Waals surface area contributed by atoms with Crippen molar-refractivity contribution >= 4 is 40.7 Å². The number of benzene rings is 1. The van der Waals surface area contributed by atoms with E-state index >= 15 is 0 Å². The first-order valence-electron chi connectivity index (χ1n) is 14.0. The zero-order chi connectivity index (χ0) is 28.6. The highest BCUT2D eigenvalue weighted by Crippen LogP contribution is 2.36. The van der Waals surface area contributed by atoms with Crippen molar-refractivity contribution in [2.45, 2.75) is 77.6 Å². The second-order valence-corrected chi connectivity index (χ2v) is 11.7. The second-order valence-electron chi connectivity index (χ2n) is 11.7. The molecule has 1 saturated carbocycles. The van der Waals surface area contributed by atoms with Gasteiger partial charge in [0.25, 0.3) is 11.8 Å². The van der Waals surface area contributed by atoms with Crippen molar-refractivity contribution in [3.05, 3.63) is 47.7 Å². The van der Waals surface area contributed by atoms with Crippen LogP contribution in [0.5, 0.6) is 0 Å². The fourth-order valence-electron chi connectivity index (χ4n) is 5.01. The van der Waals surface area contributed by atoms with E-state index < -0.39 is 35.5 Å². The Balaban J connectivity index is 1.48. The highest BCUT2D eigenvalue weighted by Gasteiger charge is 2.42. The van der Waals surface area contributed by atoms with E-state index in [0.717, 1.165) is 29.3 Å². The topological polar surface area (TPSA) is 130 Å². The van der Waals surface area contributed by atoms with E-state index in [0.29, 0.717) is 25.1 Å². The zero-order valence-corrected chi connectivity index (χ0v) is 23.4. The Morgan fingerprint density at radius 1 is 0.950 bits per heavy atom. The minimum atomic E-state index is -0.997. The van der Waals surface area contributed by atoms with E-state index in [1.807, 2.05) is 43.3 Å². The number of pyridine rings is 1. The summed E-state index contributed by atoms with van der Waals surface area (Å²) >= 11 is 0. The molecule has 3 amide bonds. The van der Waals surface area contributed by atoms with Gasteiger partial charge in [-0.25, -0.2) is 5.43 Å². The lowest BCUT2D eigenvalue weighted by atomic mass is 9.92. The van der Waals surface area contributed by atoms with Crippen LogP contribution in [0.15, 0.2) is 36.4 Å². The van der Waals surface area contributed by atoms with Gasteiger partial charge in [0, 0.05) is 17.8 Å². The number of rotatable bonds is 1. The molecule has 5 bridgehead atoms. The van der Waals surface area contributed by atoms with Crippen LogP contribution >= 0.6 is 0 Å². The third-order valence-corrected chi connectivity index (χ3v) is 7.80. The number of hydrogen-bond donors (Lipinski definition) is 3. The van der Waals surface area contributed by atoms with Gasteiger partial charge in [-0.1, -0.05) is 30.4 Å². The molecule has 3 heterocycles. The van der Waals surface area contributed by atoms with Gasteiger partial charge in [-0.2, -0.15) is 0 Å². The molecule has 3 aliphatic rings. The molecular formula is C30H37N5O5. The van der Waals surface area contributed by atoms with Crippen molar-refractivity contribution in [1.29, 1.82) is 0 Å². The smallest absolute Gasteiger partial charge is 0.316 e. The molecule has 0 radical (unpaired) electrons. The number of hydrazine groups is 1. The van der Waals surface area contributed by atoms with Gasteiger partial charge in [-0.05, 0) is 71.1 Å². The number of nitrogens with one attached hydrogen (secondary N) is 3. The van der Waals surface area contributed by atoms with Crippen molar-refractivity contribution in [3.8, 4) is 0 Å². The third kappa shape index (κ3) is 6.01. The fourth-order valence-corrected chi connectivity index (χ4v) is 5.01. The van der Waals surface area contributed by atoms with E-state index in [1.54, 1.807) is 26.8 Å². The minimum Gasteiger partial charge on any atom is -0.451 e. The summed E-state index contributed by atoms with van der Waals surface area (Å²) in [6.45, 7) is 7.37. The van der Waals surface area contributed by atoms with E-state index in [2.05, 4.69) is 16.1 Å². The van der Waals surface area contributed by atoms with Crippen molar-refractivity contribution in [2.24, 2.45) is 11.3 Å². The molecule has 2 aromatic rings. The van der Waals surface area contributed by atoms with Gasteiger partial charge in [-0.3, -0.25) is 29.2 Å². The highest BCUT2D eigenvalue weighted by atomic mass is 16.6. The summed E-state index contributed by atoms with van der Waals surface area (Å²) in [6.07, 6.45) is 5.39. The number of amides is 3. The number of carbonyl (C=O) groups is 4. The first kappa shape index (κ1) is 27.8. The van der Waals surface area contributed by atoms with Crippen LogP contribution in [0.4, 0.5) is 0 Å². The summed E-state index contributed by atoms with van der Waals surface area (Å²) in [6, 6.07) is 7.87. The van der Waals surface area contributed by atoms with Crippen LogP contribution in [0.2, 0.25) is 0 Å². The Labute approximate surface area is 233 Å². The van der Waals surface area contributed by atoms with Gasteiger partial charge >= 0.3 is 5.97 Å². The molecule has 1 aromatic carbocycles. The second kappa shape index (κ2) is 11.0. The van der Waals surface area contributed by atoms with Crippen LogP contribution in [-0.4, -0.2) is 58.4 Å². The molecule has 40 heavy (non-hydrogen) atoms. The molecule has 5 rings (SSSR count). The molecule has 1 aromatic heterocycles. The monoisotopic (exact) mass is 547 g/mol. The Bertz CT molecular complexity index is 1370. The van der Waals surface area contributed by atoms with Crippen molar-refractivity contribution < 1.29 is 23.9 Å². The van der Waals surface area contributed by atoms with E-state index in [-0.39, 0.29) is 23.8 Å². The van der Waals surface area contributed by atoms with Gasteiger partial charge in [0.1, 0.15) is 12.1 Å². The maximum absolute atomic E-state index is 13.2. The minimum absolute atomic E-state index is 0.0726. The number of esters is 1. The molecule has 10 nitrogen and oxygen atoms in total. The number of cyclic esters (lactones) is 1. The van der Waals surface area contributed by atoms with Crippen LogP contribution in [0.3, 0.4) is 0 Å². The first-order valence-corrected chi connectivity index (χ1v) is 14.0. The summed E-state index contributed by atoms with van der Waals surface area (Å²) in [4.78, 5) is 57.6. The van der Waals surface area contributed by atoms with Crippen LogP contribution in [0.1, 0.15) is 70.7 Å². The standard InChI is InChI=1S/C30H37N5O5/c1-17-22-12-11-20-8-7-19(16-24(20)33-22)13-14-30(3,4)29(39)40-25(21-9-10-21)27(37)32-18(2)28(38)35-15-5-6-23(34-35)26(36)31-17/h7-8,11-14,16-18,21,23,25,34H,5-6,9-10,15H2,1-4H3,(H,31,36)(H,32,37)/t17-,18+,23+,25-/m1/s1. The van der Waals surface area contributed by atoms with Crippen LogP contribution in [0, 0.1) is 11.3 Å². The molecule has 2 aliphatic heterocycles. The number of aromatic nitrogens is 1. The van der Waals surface area contributed by atoms with Gasteiger partial charge in [0.05, 0.1) is 22.7 Å². The Kier molecular flexibility index (Phi) is 7.63. The van der Waals surface area contributed by atoms with Crippen molar-refractivity contribution in [1.82, 2.24) is 26.1 Å². The van der Waals surface area contributed by atoms with Crippen LogP contribution in [0.25, 0.3) is 17.0 Å². The first-order chi connectivity index (χ1) is 19.0. The molecular weight excluding hydrogens is 510 g/mol. The van der Waals surface area contributed by atoms with Gasteiger partial charge in [0.15, 0.2) is 6.10 Å². The lowest BCUT2D eigenvalue weighted by Crippen LogP contribution is -2.61. The van der Waals surface area contributed by atoms with Gasteiger partial charge in [0.2, 0.25) is 5.91 Å². The quantitative estimate of drug-likeness (QED) is 0.468. The van der Waals surface area contributed by atoms with Crippen LogP contribution < -0.4 is 16.1 Å². The molecule has 0 spiro atoms. The molecule has 10 heteroatoms. The number of nitrogens with zero attached hydrogens (tertiary/aromatic N) is 2.